The third-order valence-electron chi connectivity index (χ3n) is 5.27. The van der Waals surface area contributed by atoms with Gasteiger partial charge in [-0.3, -0.25) is 19.7 Å². The lowest BCUT2D eigenvalue weighted by Crippen LogP contribution is -2.45. The predicted octanol–water partition coefficient (Wildman–Crippen LogP) is 2.67. The van der Waals surface area contributed by atoms with Gasteiger partial charge in [0.2, 0.25) is 5.91 Å². The second-order valence-electron chi connectivity index (χ2n) is 7.64. The number of nitrogens with one attached hydrogen (secondary N) is 1. The Labute approximate surface area is 170 Å². The highest BCUT2D eigenvalue weighted by atomic mass is 16.2. The smallest absolute Gasteiger partial charge is 0.243 e. The summed E-state index contributed by atoms with van der Waals surface area (Å²) in [5, 5.41) is 3.10. The second kappa shape index (κ2) is 8.53. The molecule has 1 aliphatic heterocycles. The minimum absolute atomic E-state index is 0.0129. The van der Waals surface area contributed by atoms with Crippen LogP contribution in [0.15, 0.2) is 55.4 Å². The van der Waals surface area contributed by atoms with Crippen LogP contribution in [0.5, 0.6) is 0 Å². The van der Waals surface area contributed by atoms with Crippen molar-refractivity contribution in [1.82, 2.24) is 29.7 Å². The molecule has 0 bridgehead atoms. The van der Waals surface area contributed by atoms with E-state index in [-0.39, 0.29) is 18.0 Å². The summed E-state index contributed by atoms with van der Waals surface area (Å²) in [6.07, 6.45) is 9.84. The van der Waals surface area contributed by atoms with Crippen molar-refractivity contribution in [2.24, 2.45) is 0 Å². The van der Waals surface area contributed by atoms with Gasteiger partial charge in [-0.2, -0.15) is 0 Å². The Morgan fingerprint density at radius 1 is 1.17 bits per heavy atom. The van der Waals surface area contributed by atoms with Crippen molar-refractivity contribution in [2.45, 2.75) is 45.4 Å². The Kier molecular flexibility index (Phi) is 5.67. The number of carbonyl (C=O) groups excluding carboxylic acids is 1. The van der Waals surface area contributed by atoms with Crippen molar-refractivity contribution in [3.8, 4) is 0 Å². The van der Waals surface area contributed by atoms with Crippen molar-refractivity contribution in [3.63, 3.8) is 0 Å². The largest absolute Gasteiger partial charge is 0.350 e. The monoisotopic (exact) mass is 390 g/mol. The maximum absolute atomic E-state index is 13.4. The van der Waals surface area contributed by atoms with Gasteiger partial charge in [0.25, 0.3) is 0 Å². The topological polar surface area (TPSA) is 75.9 Å². The van der Waals surface area contributed by atoms with E-state index in [4.69, 9.17) is 0 Å². The van der Waals surface area contributed by atoms with Crippen LogP contribution >= 0.6 is 0 Å². The molecule has 1 N–H and O–H groups in total. The van der Waals surface area contributed by atoms with Gasteiger partial charge in [-0.25, -0.2) is 4.98 Å². The zero-order valence-electron chi connectivity index (χ0n) is 16.8. The lowest BCUT2D eigenvalue weighted by molar-refractivity contribution is -0.127. The molecule has 3 aromatic rings. The molecule has 0 saturated heterocycles. The fourth-order valence-electron chi connectivity index (χ4n) is 3.84. The van der Waals surface area contributed by atoms with E-state index in [2.05, 4.69) is 43.6 Å². The summed E-state index contributed by atoms with van der Waals surface area (Å²) in [6.45, 7) is 6.14. The Hall–Kier alpha value is -3.06. The highest BCUT2D eigenvalue weighted by molar-refractivity contribution is 5.83. The van der Waals surface area contributed by atoms with Crippen LogP contribution in [-0.4, -0.2) is 36.9 Å². The van der Waals surface area contributed by atoms with Gasteiger partial charge in [-0.1, -0.05) is 12.1 Å². The van der Waals surface area contributed by atoms with Crippen LogP contribution < -0.4 is 5.32 Å². The molecular weight excluding hydrogens is 364 g/mol. The van der Waals surface area contributed by atoms with Crippen LogP contribution in [-0.2, 0) is 24.3 Å². The molecule has 1 aliphatic rings. The van der Waals surface area contributed by atoms with Gasteiger partial charge in [0, 0.05) is 56.9 Å². The van der Waals surface area contributed by atoms with E-state index >= 15 is 0 Å². The first-order valence-electron chi connectivity index (χ1n) is 9.98. The van der Waals surface area contributed by atoms with Gasteiger partial charge in [-0.15, -0.1) is 0 Å². The molecule has 0 aliphatic carbocycles. The zero-order chi connectivity index (χ0) is 20.2. The van der Waals surface area contributed by atoms with E-state index < -0.39 is 0 Å². The standard InChI is InChI=1S/C22H26N6O/c1-16(2)28-15-26-19-7-10-27(14-18-6-4-9-24-12-18)21(20(19)28)22(29)25-13-17-5-3-8-23-11-17/h3-6,8-9,11-12,15-16,21H,7,10,13-14H2,1-2H3,(H,25,29). The summed E-state index contributed by atoms with van der Waals surface area (Å²) in [6, 6.07) is 7.67. The summed E-state index contributed by atoms with van der Waals surface area (Å²) in [7, 11) is 0. The van der Waals surface area contributed by atoms with Crippen LogP contribution in [0.25, 0.3) is 0 Å². The summed E-state index contributed by atoms with van der Waals surface area (Å²) in [4.78, 5) is 28.6. The number of fused-ring (bicyclic) bond motifs is 1. The molecule has 7 heteroatoms. The lowest BCUT2D eigenvalue weighted by Gasteiger charge is -2.35. The van der Waals surface area contributed by atoms with E-state index in [0.29, 0.717) is 13.1 Å². The molecule has 1 amide bonds. The second-order valence-corrected chi connectivity index (χ2v) is 7.64. The minimum Gasteiger partial charge on any atom is -0.350 e. The maximum Gasteiger partial charge on any atom is 0.243 e. The van der Waals surface area contributed by atoms with Crippen LogP contribution in [0, 0.1) is 0 Å². The van der Waals surface area contributed by atoms with Gasteiger partial charge in [0.1, 0.15) is 6.04 Å². The van der Waals surface area contributed by atoms with Gasteiger partial charge < -0.3 is 9.88 Å². The maximum atomic E-state index is 13.4. The molecule has 0 aromatic carbocycles. The molecule has 150 valence electrons. The number of carbonyl (C=O) groups is 1. The quantitative estimate of drug-likeness (QED) is 0.700. The van der Waals surface area contributed by atoms with Crippen molar-refractivity contribution in [2.75, 3.05) is 6.54 Å². The molecule has 0 fully saturated rings. The summed E-state index contributed by atoms with van der Waals surface area (Å²) in [5.74, 6) is -0.0129. The van der Waals surface area contributed by atoms with E-state index in [1.165, 1.54) is 0 Å². The number of rotatable bonds is 6. The third kappa shape index (κ3) is 4.19. The Bertz CT molecular complexity index is 954. The van der Waals surface area contributed by atoms with Gasteiger partial charge in [0.05, 0.1) is 17.7 Å². The molecule has 0 saturated carbocycles. The first-order chi connectivity index (χ1) is 14.1. The molecule has 1 atom stereocenters. The van der Waals surface area contributed by atoms with E-state index in [1.54, 1.807) is 18.6 Å². The van der Waals surface area contributed by atoms with Crippen molar-refractivity contribution < 1.29 is 4.79 Å². The van der Waals surface area contributed by atoms with Crippen LogP contribution in [0.4, 0.5) is 0 Å². The number of nitrogens with zero attached hydrogens (tertiary/aromatic N) is 5. The summed E-state index contributed by atoms with van der Waals surface area (Å²) >= 11 is 0. The third-order valence-corrected chi connectivity index (χ3v) is 5.27. The lowest BCUT2D eigenvalue weighted by atomic mass is 10.00. The van der Waals surface area contributed by atoms with Gasteiger partial charge >= 0.3 is 0 Å². The number of aromatic nitrogens is 4. The number of hydrogen-bond acceptors (Lipinski definition) is 5. The number of pyridine rings is 2. The fraction of sp³-hybridized carbons (Fsp3) is 0.364. The average molecular weight is 390 g/mol. The van der Waals surface area contributed by atoms with E-state index in [1.807, 2.05) is 36.8 Å². The first kappa shape index (κ1) is 19.3. The van der Waals surface area contributed by atoms with Gasteiger partial charge in [-0.05, 0) is 37.1 Å². The highest BCUT2D eigenvalue weighted by Crippen LogP contribution is 2.32. The first-order valence-corrected chi connectivity index (χ1v) is 9.98. The molecule has 3 aromatic heterocycles. The van der Waals surface area contributed by atoms with Crippen molar-refractivity contribution in [3.05, 3.63) is 77.9 Å². The van der Waals surface area contributed by atoms with Crippen LogP contribution in [0.1, 0.15) is 48.4 Å². The van der Waals surface area contributed by atoms with Gasteiger partial charge in [0.15, 0.2) is 0 Å². The Morgan fingerprint density at radius 2 is 1.90 bits per heavy atom. The summed E-state index contributed by atoms with van der Waals surface area (Å²) in [5.41, 5.74) is 4.09. The molecule has 0 spiro atoms. The molecular formula is C22H26N6O. The van der Waals surface area contributed by atoms with Crippen LogP contribution in [0.2, 0.25) is 0 Å². The number of amides is 1. The van der Waals surface area contributed by atoms with E-state index in [9.17, 15) is 4.79 Å². The number of imidazole rings is 1. The van der Waals surface area contributed by atoms with Crippen molar-refractivity contribution in [1.29, 1.82) is 0 Å². The SMILES string of the molecule is CC(C)n1cnc2c1C(C(=O)NCc1cccnc1)N(Cc1cccnc1)CC2. The van der Waals surface area contributed by atoms with E-state index in [0.717, 1.165) is 35.5 Å². The summed E-state index contributed by atoms with van der Waals surface area (Å²) < 4.78 is 2.12. The molecule has 0 radical (unpaired) electrons. The van der Waals surface area contributed by atoms with Crippen LogP contribution in [0.3, 0.4) is 0 Å². The predicted molar refractivity (Wildman–Crippen MR) is 110 cm³/mol. The highest BCUT2D eigenvalue weighted by Gasteiger charge is 2.36. The normalized spacial score (nSPS) is 16.6. The molecule has 4 heterocycles. The molecule has 7 nitrogen and oxygen atoms in total. The molecule has 29 heavy (non-hydrogen) atoms. The zero-order valence-corrected chi connectivity index (χ0v) is 16.8. The average Bonchev–Trinajstić information content (AvgIpc) is 3.18. The Balaban J connectivity index is 1.62. The minimum atomic E-state index is -0.388. The number of hydrogen-bond donors (Lipinski definition) is 1. The molecule has 1 unspecified atom stereocenters. The Morgan fingerprint density at radius 3 is 2.55 bits per heavy atom. The fourth-order valence-corrected chi connectivity index (χ4v) is 3.84. The van der Waals surface area contributed by atoms with Crippen molar-refractivity contribution >= 4 is 5.91 Å². The molecule has 4 rings (SSSR count).